The molecular formula is C83H114O44. The minimum absolute atomic E-state index is 0.0505. The Morgan fingerprint density at radius 2 is 0.465 bits per heavy atom. The summed E-state index contributed by atoms with van der Waals surface area (Å²) in [5, 5.41) is 44.4. The van der Waals surface area contributed by atoms with Crippen LogP contribution in [0.2, 0.25) is 0 Å². The number of carbonyl (C=O) groups is 19. The molecule has 0 spiro atoms. The van der Waals surface area contributed by atoms with E-state index in [4.69, 9.17) is 111 Å². The fourth-order valence-electron chi connectivity index (χ4n) is 10.4. The number of aliphatic hydroxyl groups excluding tert-OH is 4. The van der Waals surface area contributed by atoms with Gasteiger partial charge in [0.25, 0.3) is 0 Å². The molecule has 0 aliphatic carbocycles. The molecule has 0 aromatic heterocycles. The number of carbonyl (C=O) groups excluding carboxylic acids is 18. The normalized spacial score (nSPS) is 24.7. The lowest BCUT2D eigenvalue weighted by molar-refractivity contribution is -0.296. The smallest absolute Gasteiger partial charge is 0.347 e. The minimum Gasteiger partial charge on any atom is -0.479 e. The van der Waals surface area contributed by atoms with Crippen LogP contribution in [0.25, 0.3) is 0 Å². The van der Waals surface area contributed by atoms with Gasteiger partial charge in [0.1, 0.15) is 31.5 Å². The molecule has 44 heteroatoms. The Bertz CT molecular complexity index is 3780. The van der Waals surface area contributed by atoms with E-state index in [0.717, 1.165) is 0 Å². The van der Waals surface area contributed by atoms with E-state index in [1.807, 2.05) is 0 Å². The fraction of sp³-hybridized carbons (Fsp3) is 0.627. The maximum atomic E-state index is 13.1. The first kappa shape index (κ1) is 112. The molecule has 0 radical (unpaired) electrons. The van der Waals surface area contributed by atoms with Gasteiger partial charge in [-0.25, -0.2) is 19.2 Å². The summed E-state index contributed by atoms with van der Waals surface area (Å²) in [6.45, 7) is 22.7. The van der Waals surface area contributed by atoms with Crippen molar-refractivity contribution in [2.75, 3.05) is 0 Å². The third-order valence-electron chi connectivity index (χ3n) is 17.4. The molecule has 4 fully saturated rings. The lowest BCUT2D eigenvalue weighted by Gasteiger charge is -2.43. The largest absolute Gasteiger partial charge is 0.479 e. The van der Waals surface area contributed by atoms with E-state index in [-0.39, 0.29) is 110 Å². The van der Waals surface area contributed by atoms with E-state index in [9.17, 15) is 91.1 Å². The van der Waals surface area contributed by atoms with Gasteiger partial charge in [0.15, 0.2) is 67.3 Å². The Morgan fingerprint density at radius 3 is 0.709 bits per heavy atom. The third-order valence-corrected chi connectivity index (χ3v) is 17.4. The van der Waals surface area contributed by atoms with Gasteiger partial charge in [0, 0.05) is 96.3 Å². The molecule has 710 valence electrons. The van der Waals surface area contributed by atoms with Crippen LogP contribution >= 0.6 is 0 Å². The summed E-state index contributed by atoms with van der Waals surface area (Å²) in [6, 6.07) is 17.6. The second-order valence-corrected chi connectivity index (χ2v) is 26.7. The first-order valence-corrected chi connectivity index (χ1v) is 41.0. The molecule has 4 aliphatic rings. The van der Waals surface area contributed by atoms with Crippen molar-refractivity contribution < 1.29 is 211 Å². The number of ether oxygens (including phenoxy) is 20. The van der Waals surface area contributed by atoms with Crippen LogP contribution < -0.4 is 0 Å². The van der Waals surface area contributed by atoms with E-state index in [0.29, 0.717) is 11.1 Å². The molecule has 20 atom stereocenters. The predicted molar refractivity (Wildman–Crippen MR) is 419 cm³/mol. The van der Waals surface area contributed by atoms with Gasteiger partial charge in [0.05, 0.1) is 0 Å². The van der Waals surface area contributed by atoms with Crippen molar-refractivity contribution in [3.05, 3.63) is 71.8 Å². The van der Waals surface area contributed by atoms with E-state index >= 15 is 0 Å². The zero-order valence-electron chi connectivity index (χ0n) is 73.0. The molecular weight excluding hydrogens is 1700 g/mol. The first-order valence-electron chi connectivity index (χ1n) is 41.0. The Labute approximate surface area is 730 Å². The second-order valence-electron chi connectivity index (χ2n) is 26.7. The monoisotopic (exact) mass is 1810 g/mol. The van der Waals surface area contributed by atoms with Gasteiger partial charge in [0.2, 0.25) is 37.2 Å². The Hall–Kier alpha value is -11.5. The third kappa shape index (κ3) is 37.5. The summed E-state index contributed by atoms with van der Waals surface area (Å²) in [4.78, 5) is 228. The van der Waals surface area contributed by atoms with E-state index < -0.39 is 236 Å². The molecule has 44 nitrogen and oxygen atoms in total. The Morgan fingerprint density at radius 1 is 0.244 bits per heavy atom. The summed E-state index contributed by atoms with van der Waals surface area (Å²) in [5.41, 5.74) is 1.36. The zero-order chi connectivity index (χ0) is 95.9. The topological polar surface area (TPSA) is 610 Å². The standard InChI is InChI=1S/2C25H32O11.C21H30O12.C6H10O7.C6H10O3/c2*1-5-16(26)32-20-21(33-17(27)6-2)23(34-18(28)7-3)25(35-19(29)8-4)36-22(20)24(30)31-14-15-12-10-9-11-13-15;1-6-11(22)28-16-17(29-12(23)7-2)19(30-13(24)8-3)21(32-15(26)10-5)33-18(16)20(27)31-14(25)9-4;7-1-2(8)4(5(10)11)13-6(12)3(1)9;1-3-5(7)9-6(8)4-2/h2*9-13,20-23,25H,5-8,14H2,1-4H3;16-19,21H,6-10H2,1-5H3;1-4,6-9,12H,(H,10,11);3-4H2,1-2H3/t20-,21-,22-,23+,25+;20-,21-,22-,23+,25-;16-,17-,18-,19+,21?;1-,2-,3+,4-,6?;/m0000./s1. The number of esters is 18. The number of benzene rings is 2. The van der Waals surface area contributed by atoms with Gasteiger partial charge in [-0.2, -0.15) is 0 Å². The molecule has 0 bridgehead atoms. The highest BCUT2D eigenvalue weighted by atomic mass is 16.8. The quantitative estimate of drug-likeness (QED) is 0.0374. The Balaban J connectivity index is 0.000000574. The van der Waals surface area contributed by atoms with Crippen molar-refractivity contribution in [3.63, 3.8) is 0 Å². The average molecular weight is 1820 g/mol. The number of aliphatic hydroxyl groups is 4. The maximum absolute atomic E-state index is 13.1. The van der Waals surface area contributed by atoms with E-state index in [1.165, 1.54) is 90.0 Å². The molecule has 2 aromatic rings. The molecule has 0 saturated carbocycles. The summed E-state index contributed by atoms with van der Waals surface area (Å²) in [6.07, 6.45) is -33.3. The van der Waals surface area contributed by atoms with Crippen molar-refractivity contribution in [1.82, 2.24) is 0 Å². The van der Waals surface area contributed by atoms with Gasteiger partial charge >= 0.3 is 113 Å². The van der Waals surface area contributed by atoms with E-state index in [1.54, 1.807) is 74.5 Å². The number of hydrogen-bond acceptors (Lipinski definition) is 43. The molecule has 4 heterocycles. The minimum atomic E-state index is -1.82. The van der Waals surface area contributed by atoms with Gasteiger partial charge in [-0.3, -0.25) is 71.9 Å². The SMILES string of the molecule is CCC(=O)OC(=O)CC.CCC(=O)OC(=O)[C@H]1OC(OC(=O)CC)[C@H](OC(=O)CC)[C@@H](OC(=O)CC)[C@@H]1OC(=O)CC.CCC(=O)O[C@@H]1O[C@H](C(=O)OCc2ccccc2)[C@@H](OC(=O)CC)[C@H](OC(=O)CC)[C@H]1OC(=O)CC.CCC(=O)O[C@H]1O[C@H](C(=O)OCc2ccccc2)[C@@H](OC(=O)CC)[C@H](OC(=O)CC)[C@H]1OC(=O)CC.O=C(O)[C@H]1OC(O)[C@H](O)[C@@H](O)[C@@H]1O. The molecule has 4 aliphatic heterocycles. The highest BCUT2D eigenvalue weighted by molar-refractivity contribution is 5.89. The van der Waals surface area contributed by atoms with Crippen molar-refractivity contribution in [2.45, 2.75) is 336 Å². The predicted octanol–water partition coefficient (Wildman–Crippen LogP) is 3.60. The van der Waals surface area contributed by atoms with E-state index in [2.05, 4.69) is 9.47 Å². The zero-order valence-corrected chi connectivity index (χ0v) is 73.0. The Kier molecular flexibility index (Phi) is 51.5. The average Bonchev–Trinajstić information content (AvgIpc) is 0.779. The number of carboxylic acids is 1. The molecule has 6 rings (SSSR count). The van der Waals surface area contributed by atoms with Crippen LogP contribution in [-0.4, -0.2) is 262 Å². The van der Waals surface area contributed by atoms with Crippen molar-refractivity contribution in [2.24, 2.45) is 0 Å². The molecule has 2 aromatic carbocycles. The maximum Gasteiger partial charge on any atom is 0.347 e. The highest BCUT2D eigenvalue weighted by Crippen LogP contribution is 2.36. The van der Waals surface area contributed by atoms with Crippen LogP contribution in [0, 0.1) is 0 Å². The van der Waals surface area contributed by atoms with Crippen LogP contribution in [0.15, 0.2) is 60.7 Å². The molecule has 4 saturated heterocycles. The number of rotatable bonds is 35. The van der Waals surface area contributed by atoms with Crippen molar-refractivity contribution in [1.29, 1.82) is 0 Å². The van der Waals surface area contributed by atoms with Crippen LogP contribution in [0.5, 0.6) is 0 Å². The fourth-order valence-corrected chi connectivity index (χ4v) is 10.4. The molecule has 2 unspecified atom stereocenters. The van der Waals surface area contributed by atoms with Gasteiger partial charge < -0.3 is 120 Å². The van der Waals surface area contributed by atoms with Crippen molar-refractivity contribution >= 4 is 113 Å². The molecule has 0 amide bonds. The number of aliphatic carboxylic acids is 1. The molecule has 127 heavy (non-hydrogen) atoms. The lowest BCUT2D eigenvalue weighted by atomic mass is 9.97. The lowest BCUT2D eigenvalue weighted by Crippen LogP contribution is -2.64. The van der Waals surface area contributed by atoms with Gasteiger partial charge in [-0.1, -0.05) is 165 Å². The van der Waals surface area contributed by atoms with Crippen LogP contribution in [0.4, 0.5) is 0 Å². The summed E-state index contributed by atoms with van der Waals surface area (Å²) in [5.74, 6) is -15.4. The first-order chi connectivity index (χ1) is 60.2. The molecule has 5 N–H and O–H groups in total. The highest BCUT2D eigenvalue weighted by Gasteiger charge is 2.60. The second kappa shape index (κ2) is 58.7. The number of hydrogen-bond donors (Lipinski definition) is 5. The van der Waals surface area contributed by atoms with Gasteiger partial charge in [-0.15, -0.1) is 0 Å². The van der Waals surface area contributed by atoms with Crippen molar-refractivity contribution in [3.8, 4) is 0 Å². The van der Waals surface area contributed by atoms with Crippen LogP contribution in [-0.2, 0) is 199 Å². The van der Waals surface area contributed by atoms with Crippen LogP contribution in [0.3, 0.4) is 0 Å². The summed E-state index contributed by atoms with van der Waals surface area (Å²) < 4.78 is 105. The summed E-state index contributed by atoms with van der Waals surface area (Å²) >= 11 is 0. The van der Waals surface area contributed by atoms with Crippen LogP contribution in [0.1, 0.15) is 211 Å². The summed E-state index contributed by atoms with van der Waals surface area (Å²) in [7, 11) is 0. The number of carboxylic acid groups (broad SMARTS) is 1. The van der Waals surface area contributed by atoms with Gasteiger partial charge in [-0.05, 0) is 11.1 Å².